The van der Waals surface area contributed by atoms with Crippen molar-refractivity contribution in [3.05, 3.63) is 0 Å². The fraction of sp³-hybridized carbons (Fsp3) is 0. The zero-order valence-corrected chi connectivity index (χ0v) is 5.64. The molecule has 6 N–H and O–H groups in total. The van der Waals surface area contributed by atoms with Gasteiger partial charge in [-0.3, -0.25) is 0 Å². The molecule has 0 aliphatic heterocycles. The van der Waals surface area contributed by atoms with Crippen LogP contribution < -0.4 is 4.19 Å². The molecule has 0 spiro atoms. The van der Waals surface area contributed by atoms with Crippen LogP contribution in [-0.2, 0) is 38.8 Å². The van der Waals surface area contributed by atoms with Crippen LogP contribution >= 0.6 is 0 Å². The third-order valence-corrected chi connectivity index (χ3v) is 0. The van der Waals surface area contributed by atoms with E-state index in [0.29, 0.717) is 0 Å². The minimum absolute atomic E-state index is 0. The Bertz CT molecular complexity index is 20.5. The average Bonchev–Trinajstić information content (AvgIpc) is 1.46. The molecule has 0 radical (unpaired) electrons. The van der Waals surface area contributed by atoms with Crippen molar-refractivity contribution < 1.29 is 59.5 Å². The van der Waals surface area contributed by atoms with Crippen LogP contribution in [0, 0.1) is 0 Å². The summed E-state index contributed by atoms with van der Waals surface area (Å²) in [5.41, 5.74) is 0. The van der Waals surface area contributed by atoms with Crippen molar-refractivity contribution in [2.45, 2.75) is 0 Å². The molecule has 0 bridgehead atoms. The van der Waals surface area contributed by atoms with Gasteiger partial charge in [-0.1, -0.05) is 0 Å². The predicted molar refractivity (Wildman–Crippen MR) is 12.2 cm³/mol. The first kappa shape index (κ1) is 39.2. The molecule has 0 fully saturated rings. The zero-order valence-electron chi connectivity index (χ0n) is 3.43. The second-order valence-corrected chi connectivity index (χ2v) is 0.243. The summed E-state index contributed by atoms with van der Waals surface area (Å²) < 4.78 is 24.8. The summed E-state index contributed by atoms with van der Waals surface area (Å²) in [6, 6.07) is 0. The van der Waals surface area contributed by atoms with Gasteiger partial charge in [0.05, 0.1) is 0 Å². The molecule has 0 unspecified atom stereocenters. The first-order valence-electron chi connectivity index (χ1n) is 0.433. The quantitative estimate of drug-likeness (QED) is 0.378. The molecular formula is H6Fe2O6. The van der Waals surface area contributed by atoms with Crippen molar-refractivity contribution in [1.82, 2.24) is 0 Å². The fourth-order valence-corrected chi connectivity index (χ4v) is 0. The van der Waals surface area contributed by atoms with Gasteiger partial charge in [-0.25, -0.2) is 0 Å². The maximum absolute atomic E-state index is 8.38. The summed E-state index contributed by atoms with van der Waals surface area (Å²) in [4.78, 5) is 0. The van der Waals surface area contributed by atoms with Crippen molar-refractivity contribution in [3.63, 3.8) is 0 Å². The van der Waals surface area contributed by atoms with Gasteiger partial charge in [-0.05, 0) is 0 Å². The predicted octanol–water partition coefficient (Wildman–Crippen LogP) is -3.91. The second kappa shape index (κ2) is 144. The standard InChI is InChI=1S/2Fe.3H2O.3O/h;;3*1H2;;;/q;+1;;;;;;-1. The molecule has 0 saturated heterocycles. The minimum atomic E-state index is -1.25. The topological polar surface area (TPSA) is 152 Å². The third-order valence-electron chi connectivity index (χ3n) is 0. The Balaban J connectivity index is -0.00000000567. The Labute approximate surface area is 59.9 Å². The monoisotopic (exact) mass is 214 g/mol. The molecule has 0 amide bonds. The van der Waals surface area contributed by atoms with Crippen LogP contribution in [0.4, 0.5) is 0 Å². The average molecular weight is 214 g/mol. The van der Waals surface area contributed by atoms with Gasteiger partial charge in [-0.2, -0.15) is 0 Å². The molecule has 0 rings (SSSR count). The van der Waals surface area contributed by atoms with Crippen LogP contribution in [0.3, 0.4) is 0 Å². The molecule has 8 heavy (non-hydrogen) atoms. The van der Waals surface area contributed by atoms with Crippen molar-refractivity contribution in [2.24, 2.45) is 0 Å². The van der Waals surface area contributed by atoms with Crippen LogP contribution in [0.25, 0.3) is 0 Å². The van der Waals surface area contributed by atoms with Crippen molar-refractivity contribution in [2.75, 3.05) is 0 Å². The Morgan fingerprint density at radius 3 is 1.12 bits per heavy atom. The van der Waals surface area contributed by atoms with Crippen LogP contribution in [0.1, 0.15) is 0 Å². The van der Waals surface area contributed by atoms with E-state index in [1.807, 2.05) is 15.9 Å². The number of hydrogen-bond acceptors (Lipinski definition) is 3. The van der Waals surface area contributed by atoms with Gasteiger partial charge < -0.3 is 16.4 Å². The summed E-state index contributed by atoms with van der Waals surface area (Å²) in [7, 11) is 0. The summed E-state index contributed by atoms with van der Waals surface area (Å²) in [6.07, 6.45) is 0. The normalized spacial score (nSPS) is 2.62. The van der Waals surface area contributed by atoms with Gasteiger partial charge in [0.25, 0.3) is 0 Å². The van der Waals surface area contributed by atoms with Gasteiger partial charge in [-0.15, -0.1) is 0 Å². The van der Waals surface area contributed by atoms with Crippen LogP contribution in [0.2, 0.25) is 0 Å². The van der Waals surface area contributed by atoms with Gasteiger partial charge in [0.15, 0.2) is 0 Å². The summed E-state index contributed by atoms with van der Waals surface area (Å²) in [5, 5.41) is 0. The molecule has 0 aliphatic carbocycles. The first-order valence-corrected chi connectivity index (χ1v) is 1.79. The molecular weight excluding hydrogens is 208 g/mol. The van der Waals surface area contributed by atoms with E-state index in [0.717, 1.165) is 0 Å². The van der Waals surface area contributed by atoms with Crippen LogP contribution in [0.15, 0.2) is 0 Å². The van der Waals surface area contributed by atoms with Gasteiger partial charge in [0.1, 0.15) is 0 Å². The van der Waals surface area contributed by atoms with Crippen molar-refractivity contribution in [1.29, 1.82) is 0 Å². The van der Waals surface area contributed by atoms with Gasteiger partial charge in [0, 0.05) is 0 Å². The SMILES string of the molecule is O.O.O.[O]=[Fe+].[O]=[Fe][O-]. The molecule has 0 aliphatic rings. The van der Waals surface area contributed by atoms with Gasteiger partial charge >= 0.3 is 43.0 Å². The van der Waals surface area contributed by atoms with E-state index >= 15 is 0 Å². The molecule has 0 saturated carbocycles. The molecule has 0 aromatic carbocycles. The van der Waals surface area contributed by atoms with E-state index in [1.165, 1.54) is 0 Å². The third kappa shape index (κ3) is 848. The Hall–Kier alpha value is 0.479. The van der Waals surface area contributed by atoms with E-state index in [-0.39, 0.29) is 16.4 Å². The van der Waals surface area contributed by atoms with Crippen LogP contribution in [0.5, 0.6) is 0 Å². The molecule has 8 heteroatoms. The van der Waals surface area contributed by atoms with E-state index in [4.69, 9.17) is 11.9 Å². The van der Waals surface area contributed by atoms with E-state index < -0.39 is 15.2 Å². The fourth-order valence-electron chi connectivity index (χ4n) is 0. The summed E-state index contributed by atoms with van der Waals surface area (Å²) >= 11 is 0.750. The molecule has 58 valence electrons. The molecule has 6 nitrogen and oxygen atoms in total. The molecule has 0 aromatic heterocycles. The van der Waals surface area contributed by atoms with E-state index in [2.05, 4.69) is 0 Å². The van der Waals surface area contributed by atoms with E-state index in [9.17, 15) is 0 Å². The van der Waals surface area contributed by atoms with Crippen molar-refractivity contribution >= 4 is 0 Å². The molecule has 0 aromatic rings. The first-order chi connectivity index (χ1) is 2.41. The Morgan fingerprint density at radius 2 is 1.12 bits per heavy atom. The van der Waals surface area contributed by atoms with Crippen LogP contribution in [-0.4, -0.2) is 16.4 Å². The van der Waals surface area contributed by atoms with Crippen molar-refractivity contribution in [3.8, 4) is 0 Å². The Morgan fingerprint density at radius 1 is 1.12 bits per heavy atom. The zero-order chi connectivity index (χ0) is 4.71. The number of hydrogen-bond donors (Lipinski definition) is 0. The molecule has 0 atom stereocenters. The molecule has 0 heterocycles. The summed E-state index contributed by atoms with van der Waals surface area (Å²) in [5.74, 6) is 0. The number of rotatable bonds is 0. The van der Waals surface area contributed by atoms with E-state index in [1.54, 1.807) is 0 Å². The van der Waals surface area contributed by atoms with Gasteiger partial charge in [0.2, 0.25) is 0 Å². The second-order valence-electron chi connectivity index (χ2n) is 0.0589. The summed E-state index contributed by atoms with van der Waals surface area (Å²) in [6.45, 7) is 0. The Kier molecular flexibility index (Phi) is 703. The maximum atomic E-state index is 8.38.